The number of amides is 1. The molecule has 8 heteroatoms. The number of hydrogen-bond donors (Lipinski definition) is 1. The van der Waals surface area contributed by atoms with Gasteiger partial charge in [0.05, 0.1) is 28.3 Å². The number of nitrogens with one attached hydrogen (secondary N) is 1. The number of morpholine rings is 1. The van der Waals surface area contributed by atoms with Crippen molar-refractivity contribution in [1.82, 2.24) is 5.32 Å². The number of benzene rings is 1. The fourth-order valence-corrected chi connectivity index (χ4v) is 2.69. The van der Waals surface area contributed by atoms with Crippen LogP contribution in [0.2, 0.25) is 5.02 Å². The molecule has 2 rings (SSSR count). The molecule has 1 amide bonds. The van der Waals surface area contributed by atoms with Gasteiger partial charge in [0, 0.05) is 38.2 Å². The highest BCUT2D eigenvalue weighted by Crippen LogP contribution is 2.33. The molecule has 1 aliphatic heterocycles. The first-order valence-corrected chi connectivity index (χ1v) is 7.32. The average Bonchev–Trinajstić information content (AvgIpc) is 2.47. The lowest BCUT2D eigenvalue weighted by atomic mass is 10.1. The van der Waals surface area contributed by atoms with Crippen LogP contribution < -0.4 is 10.2 Å². The summed E-state index contributed by atoms with van der Waals surface area (Å²) in [6.07, 6.45) is -0.135. The topological polar surface area (TPSA) is 84.7 Å². The van der Waals surface area contributed by atoms with Gasteiger partial charge in [0.25, 0.3) is 5.69 Å². The van der Waals surface area contributed by atoms with Crippen LogP contribution >= 0.6 is 11.6 Å². The molecule has 0 spiro atoms. The zero-order valence-corrected chi connectivity index (χ0v) is 13.2. The molecule has 1 atom stereocenters. The first-order valence-electron chi connectivity index (χ1n) is 6.94. The maximum absolute atomic E-state index is 11.0. The minimum atomic E-state index is -0.441. The van der Waals surface area contributed by atoms with Crippen LogP contribution in [0, 0.1) is 17.0 Å². The zero-order valence-electron chi connectivity index (χ0n) is 12.5. The molecule has 0 aliphatic carbocycles. The lowest BCUT2D eigenvalue weighted by molar-refractivity contribution is -0.385. The summed E-state index contributed by atoms with van der Waals surface area (Å²) in [5, 5.41) is 14.0. The summed E-state index contributed by atoms with van der Waals surface area (Å²) in [5.41, 5.74) is 1.33. The van der Waals surface area contributed by atoms with Crippen LogP contribution in [0.1, 0.15) is 12.5 Å². The number of halogens is 1. The van der Waals surface area contributed by atoms with Gasteiger partial charge in [-0.05, 0) is 13.0 Å². The summed E-state index contributed by atoms with van der Waals surface area (Å²) >= 11 is 6.20. The summed E-state index contributed by atoms with van der Waals surface area (Å²) in [4.78, 5) is 23.5. The van der Waals surface area contributed by atoms with E-state index in [1.165, 1.54) is 13.0 Å². The van der Waals surface area contributed by atoms with Crippen molar-refractivity contribution in [3.8, 4) is 0 Å². The second-order valence-electron chi connectivity index (χ2n) is 5.22. The Balaban J connectivity index is 2.15. The largest absolute Gasteiger partial charge is 0.373 e. The highest BCUT2D eigenvalue weighted by atomic mass is 35.5. The molecule has 1 aromatic rings. The van der Waals surface area contributed by atoms with Gasteiger partial charge in [0.15, 0.2) is 0 Å². The summed E-state index contributed by atoms with van der Waals surface area (Å²) in [6, 6.07) is 3.10. The number of rotatable bonds is 4. The number of carbonyl (C=O) groups is 1. The predicted octanol–water partition coefficient (Wildman–Crippen LogP) is 1.90. The van der Waals surface area contributed by atoms with E-state index >= 15 is 0 Å². The molecular formula is C14H18ClN3O4. The number of carbonyl (C=O) groups excluding carboxylic acids is 1. The summed E-state index contributed by atoms with van der Waals surface area (Å²) in [5.74, 6) is -0.107. The molecule has 1 aliphatic rings. The SMILES string of the molecule is CC(=O)NC[C@H]1CN(c2cc(C)c([N+](=O)[O-])cc2Cl)CCO1. The Hall–Kier alpha value is -1.86. The standard InChI is InChI=1S/C14H18ClN3O4/c1-9-5-14(12(15)6-13(9)18(20)21)17-3-4-22-11(8-17)7-16-10(2)19/h5-6,11H,3-4,7-8H2,1-2H3,(H,16,19)/t11-/m0/s1. The minimum absolute atomic E-state index is 0.0109. The van der Waals surface area contributed by atoms with Gasteiger partial charge in [-0.1, -0.05) is 11.6 Å². The smallest absolute Gasteiger partial charge is 0.273 e. The number of anilines is 1. The number of nitro groups is 1. The Kier molecular flexibility index (Phi) is 5.20. The summed E-state index contributed by atoms with van der Waals surface area (Å²) < 4.78 is 5.60. The van der Waals surface area contributed by atoms with Gasteiger partial charge in [-0.25, -0.2) is 0 Å². The van der Waals surface area contributed by atoms with Gasteiger partial charge in [0.1, 0.15) is 0 Å². The molecule has 0 radical (unpaired) electrons. The number of aryl methyl sites for hydroxylation is 1. The minimum Gasteiger partial charge on any atom is -0.373 e. The first-order chi connectivity index (χ1) is 10.4. The van der Waals surface area contributed by atoms with E-state index in [0.717, 1.165) is 5.69 Å². The van der Waals surface area contributed by atoms with Crippen molar-refractivity contribution < 1.29 is 14.5 Å². The second-order valence-corrected chi connectivity index (χ2v) is 5.63. The molecule has 1 fully saturated rings. The van der Waals surface area contributed by atoms with Gasteiger partial charge < -0.3 is 15.0 Å². The molecule has 22 heavy (non-hydrogen) atoms. The van der Waals surface area contributed by atoms with Crippen molar-refractivity contribution in [2.75, 3.05) is 31.1 Å². The van der Waals surface area contributed by atoms with Gasteiger partial charge in [-0.3, -0.25) is 14.9 Å². The van der Waals surface area contributed by atoms with Crippen LogP contribution in [-0.2, 0) is 9.53 Å². The van der Waals surface area contributed by atoms with E-state index in [-0.39, 0.29) is 17.7 Å². The molecule has 1 N–H and O–H groups in total. The molecule has 1 heterocycles. The van der Waals surface area contributed by atoms with Gasteiger partial charge in [-0.2, -0.15) is 0 Å². The van der Waals surface area contributed by atoms with E-state index in [1.807, 2.05) is 4.90 Å². The van der Waals surface area contributed by atoms with Crippen molar-refractivity contribution in [2.24, 2.45) is 0 Å². The number of hydrogen-bond acceptors (Lipinski definition) is 5. The van der Waals surface area contributed by atoms with E-state index in [2.05, 4.69) is 5.32 Å². The van der Waals surface area contributed by atoms with Crippen molar-refractivity contribution in [1.29, 1.82) is 0 Å². The van der Waals surface area contributed by atoms with Crippen LogP contribution in [0.25, 0.3) is 0 Å². The Bertz CT molecular complexity index is 594. The fourth-order valence-electron chi connectivity index (χ4n) is 2.41. The summed E-state index contributed by atoms with van der Waals surface area (Å²) in [6.45, 7) is 5.29. The average molecular weight is 328 g/mol. The highest BCUT2D eigenvalue weighted by molar-refractivity contribution is 6.33. The molecule has 0 unspecified atom stereocenters. The lowest BCUT2D eigenvalue weighted by Gasteiger charge is -2.35. The predicted molar refractivity (Wildman–Crippen MR) is 83.5 cm³/mol. The Morgan fingerprint density at radius 2 is 2.32 bits per heavy atom. The fraction of sp³-hybridized carbons (Fsp3) is 0.500. The monoisotopic (exact) mass is 327 g/mol. The van der Waals surface area contributed by atoms with Crippen LogP contribution in [0.3, 0.4) is 0 Å². The molecule has 0 aromatic heterocycles. The molecule has 7 nitrogen and oxygen atoms in total. The molecule has 1 aromatic carbocycles. The maximum Gasteiger partial charge on any atom is 0.273 e. The van der Waals surface area contributed by atoms with E-state index in [9.17, 15) is 14.9 Å². The molecule has 0 bridgehead atoms. The van der Waals surface area contributed by atoms with Crippen molar-refractivity contribution >= 4 is 28.9 Å². The first kappa shape index (κ1) is 16.5. The van der Waals surface area contributed by atoms with Gasteiger partial charge >= 0.3 is 0 Å². The number of nitrogens with zero attached hydrogens (tertiary/aromatic N) is 2. The summed E-state index contributed by atoms with van der Waals surface area (Å²) in [7, 11) is 0. The third-order valence-electron chi connectivity index (χ3n) is 3.52. The van der Waals surface area contributed by atoms with Crippen LogP contribution in [0.4, 0.5) is 11.4 Å². The van der Waals surface area contributed by atoms with E-state index < -0.39 is 4.92 Å². The third kappa shape index (κ3) is 3.86. The van der Waals surface area contributed by atoms with Crippen LogP contribution in [0.5, 0.6) is 0 Å². The van der Waals surface area contributed by atoms with Crippen molar-refractivity contribution in [3.63, 3.8) is 0 Å². The molecular weight excluding hydrogens is 310 g/mol. The number of nitro benzene ring substituents is 1. The molecule has 120 valence electrons. The number of ether oxygens (including phenoxy) is 1. The Labute approximate surface area is 133 Å². The van der Waals surface area contributed by atoms with E-state index in [1.54, 1.807) is 13.0 Å². The zero-order chi connectivity index (χ0) is 16.3. The molecule has 1 saturated heterocycles. The van der Waals surface area contributed by atoms with E-state index in [0.29, 0.717) is 36.8 Å². The van der Waals surface area contributed by atoms with Gasteiger partial charge in [-0.15, -0.1) is 0 Å². The second kappa shape index (κ2) is 6.93. The Morgan fingerprint density at radius 3 is 2.95 bits per heavy atom. The lowest BCUT2D eigenvalue weighted by Crippen LogP contribution is -2.47. The van der Waals surface area contributed by atoms with Crippen LogP contribution in [-0.4, -0.2) is 43.2 Å². The van der Waals surface area contributed by atoms with Gasteiger partial charge in [0.2, 0.25) is 5.91 Å². The maximum atomic E-state index is 11.0. The molecule has 0 saturated carbocycles. The highest BCUT2D eigenvalue weighted by Gasteiger charge is 2.24. The van der Waals surface area contributed by atoms with Crippen molar-refractivity contribution in [3.05, 3.63) is 32.8 Å². The van der Waals surface area contributed by atoms with E-state index in [4.69, 9.17) is 16.3 Å². The van der Waals surface area contributed by atoms with Crippen molar-refractivity contribution in [2.45, 2.75) is 20.0 Å². The Morgan fingerprint density at radius 1 is 1.59 bits per heavy atom. The normalized spacial score (nSPS) is 18.1. The third-order valence-corrected chi connectivity index (χ3v) is 3.82. The van der Waals surface area contributed by atoms with Crippen LogP contribution in [0.15, 0.2) is 12.1 Å². The quantitative estimate of drug-likeness (QED) is 0.674.